The molecule has 0 unspecified atom stereocenters. The van der Waals surface area contributed by atoms with Crippen LogP contribution in [0.15, 0.2) is 12.1 Å². The van der Waals surface area contributed by atoms with E-state index in [-0.39, 0.29) is 28.9 Å². The second-order valence-corrected chi connectivity index (χ2v) is 8.21. The zero-order chi connectivity index (χ0) is 18.6. The largest absolute Gasteiger partial charge is 0.492 e. The minimum absolute atomic E-state index is 0.0132. The van der Waals surface area contributed by atoms with Crippen LogP contribution in [0.3, 0.4) is 0 Å². The molecule has 2 aliphatic rings. The third-order valence-corrected chi connectivity index (χ3v) is 4.95. The fourth-order valence-electron chi connectivity index (χ4n) is 3.39. The van der Waals surface area contributed by atoms with E-state index in [1.54, 1.807) is 20.8 Å². The third-order valence-electron chi connectivity index (χ3n) is 4.65. The Labute approximate surface area is 149 Å². The number of carbonyl (C=O) groups excluding carboxylic acids is 1. The molecule has 0 aliphatic heterocycles. The van der Waals surface area contributed by atoms with Gasteiger partial charge in [-0.15, -0.1) is 0 Å². The van der Waals surface area contributed by atoms with Crippen molar-refractivity contribution in [3.8, 4) is 5.75 Å². The minimum Gasteiger partial charge on any atom is -0.492 e. The smallest absolute Gasteiger partial charge is 0.341 e. The van der Waals surface area contributed by atoms with Crippen LogP contribution >= 0.6 is 11.6 Å². The fourth-order valence-corrected chi connectivity index (χ4v) is 3.61. The van der Waals surface area contributed by atoms with Gasteiger partial charge in [-0.1, -0.05) is 11.6 Å². The first-order chi connectivity index (χ1) is 11.5. The molecule has 3 rings (SSSR count). The monoisotopic (exact) mass is 376 g/mol. The zero-order valence-electron chi connectivity index (χ0n) is 14.2. The van der Waals surface area contributed by atoms with Crippen LogP contribution in [0.1, 0.15) is 44.0 Å². The lowest BCUT2D eigenvalue weighted by atomic mass is 10.0. The van der Waals surface area contributed by atoms with Crippen LogP contribution in [0.5, 0.6) is 5.75 Å². The molecule has 2 fully saturated rings. The molecule has 0 saturated heterocycles. The van der Waals surface area contributed by atoms with Crippen molar-refractivity contribution in [1.29, 1.82) is 0 Å². The molecule has 0 bridgehead atoms. The molecule has 25 heavy (non-hydrogen) atoms. The van der Waals surface area contributed by atoms with Gasteiger partial charge in [0.1, 0.15) is 17.2 Å². The van der Waals surface area contributed by atoms with Gasteiger partial charge in [-0.2, -0.15) is 0 Å². The zero-order valence-corrected chi connectivity index (χ0v) is 15.0. The van der Waals surface area contributed by atoms with Crippen LogP contribution < -0.4 is 4.74 Å². The second-order valence-electron chi connectivity index (χ2n) is 7.80. The molecule has 0 radical (unpaired) electrons. The van der Waals surface area contributed by atoms with Gasteiger partial charge in [-0.05, 0) is 45.6 Å². The molecular formula is C18H20ClF3O3. The molecule has 0 amide bonds. The van der Waals surface area contributed by atoms with E-state index >= 15 is 0 Å². The van der Waals surface area contributed by atoms with Crippen LogP contribution in [-0.4, -0.2) is 24.1 Å². The number of carbonyl (C=O) groups is 1. The summed E-state index contributed by atoms with van der Waals surface area (Å²) in [4.78, 5) is 12.0. The number of fused-ring (bicyclic) bond motifs is 1. The van der Waals surface area contributed by atoms with Gasteiger partial charge < -0.3 is 9.47 Å². The van der Waals surface area contributed by atoms with Crippen molar-refractivity contribution >= 4 is 17.6 Å². The lowest BCUT2D eigenvalue weighted by Gasteiger charge is -2.20. The van der Waals surface area contributed by atoms with Crippen molar-refractivity contribution in [2.24, 2.45) is 17.8 Å². The van der Waals surface area contributed by atoms with Crippen LogP contribution in [0.25, 0.3) is 0 Å². The first-order valence-corrected chi connectivity index (χ1v) is 8.60. The first kappa shape index (κ1) is 18.4. The van der Waals surface area contributed by atoms with E-state index in [0.29, 0.717) is 12.8 Å². The number of rotatable bonds is 4. The summed E-state index contributed by atoms with van der Waals surface area (Å²) in [6.07, 6.45) is 0.821. The van der Waals surface area contributed by atoms with E-state index in [1.807, 2.05) is 0 Å². The van der Waals surface area contributed by atoms with Crippen molar-refractivity contribution in [3.63, 3.8) is 0 Å². The molecule has 138 valence electrons. The van der Waals surface area contributed by atoms with E-state index in [9.17, 15) is 18.0 Å². The van der Waals surface area contributed by atoms with Gasteiger partial charge >= 0.3 is 5.97 Å². The van der Waals surface area contributed by atoms with Crippen molar-refractivity contribution in [2.45, 2.75) is 45.1 Å². The average Bonchev–Trinajstić information content (AvgIpc) is 2.85. The van der Waals surface area contributed by atoms with Gasteiger partial charge in [0.05, 0.1) is 17.2 Å². The van der Waals surface area contributed by atoms with Crippen molar-refractivity contribution in [3.05, 3.63) is 28.5 Å². The predicted molar refractivity (Wildman–Crippen MR) is 86.7 cm³/mol. The Kier molecular flexibility index (Phi) is 4.46. The average molecular weight is 377 g/mol. The predicted octanol–water partition coefficient (Wildman–Crippen LogP) is 5.10. The Hall–Kier alpha value is -1.43. The highest BCUT2D eigenvalue weighted by Gasteiger charge is 2.71. The number of ether oxygens (including phenoxy) is 2. The van der Waals surface area contributed by atoms with E-state index < -0.39 is 35.1 Å². The second kappa shape index (κ2) is 6.08. The molecule has 3 nitrogen and oxygen atoms in total. The summed E-state index contributed by atoms with van der Waals surface area (Å²) in [5, 5.41) is 0.0794. The molecule has 0 N–H and O–H groups in total. The fraction of sp³-hybridized carbons (Fsp3) is 0.611. The van der Waals surface area contributed by atoms with Gasteiger partial charge in [0.25, 0.3) is 5.92 Å². The Bertz CT molecular complexity index is 686. The molecule has 1 aromatic carbocycles. The molecule has 0 spiro atoms. The normalized spacial score (nSPS) is 26.9. The number of hydrogen-bond acceptors (Lipinski definition) is 3. The van der Waals surface area contributed by atoms with E-state index in [1.165, 1.54) is 6.07 Å². The Morgan fingerprint density at radius 2 is 1.88 bits per heavy atom. The highest BCUT2D eigenvalue weighted by Crippen LogP contribution is 2.65. The van der Waals surface area contributed by atoms with Gasteiger partial charge in [0.15, 0.2) is 0 Å². The lowest BCUT2D eigenvalue weighted by Crippen LogP contribution is -2.24. The van der Waals surface area contributed by atoms with Crippen LogP contribution in [0.4, 0.5) is 13.2 Å². The Balaban J connectivity index is 1.62. The maximum absolute atomic E-state index is 14.2. The summed E-state index contributed by atoms with van der Waals surface area (Å²) < 4.78 is 51.2. The quantitative estimate of drug-likeness (QED) is 0.685. The van der Waals surface area contributed by atoms with Gasteiger partial charge in [-0.3, -0.25) is 0 Å². The van der Waals surface area contributed by atoms with Gasteiger partial charge in [0.2, 0.25) is 0 Å². The van der Waals surface area contributed by atoms with Crippen molar-refractivity contribution in [2.75, 3.05) is 6.61 Å². The van der Waals surface area contributed by atoms with E-state index in [4.69, 9.17) is 21.1 Å². The SMILES string of the molecule is CC(C)(C)OC(=O)c1cc(Cl)c(OC[C@H]2C[C@@H]3[C@H](C2)C3(F)F)cc1F. The van der Waals surface area contributed by atoms with Gasteiger partial charge in [-0.25, -0.2) is 18.0 Å². The number of esters is 1. The highest BCUT2D eigenvalue weighted by molar-refractivity contribution is 6.32. The maximum Gasteiger partial charge on any atom is 0.341 e. The van der Waals surface area contributed by atoms with Crippen molar-refractivity contribution in [1.82, 2.24) is 0 Å². The minimum atomic E-state index is -2.52. The maximum atomic E-state index is 14.2. The molecule has 0 heterocycles. The number of halogens is 4. The molecule has 7 heteroatoms. The molecule has 2 aliphatic carbocycles. The third kappa shape index (κ3) is 3.73. The number of benzene rings is 1. The summed E-state index contributed by atoms with van der Waals surface area (Å²) >= 11 is 6.07. The van der Waals surface area contributed by atoms with Crippen LogP contribution in [-0.2, 0) is 4.74 Å². The molecule has 1 aromatic rings. The van der Waals surface area contributed by atoms with Gasteiger partial charge in [0, 0.05) is 17.9 Å². The topological polar surface area (TPSA) is 35.5 Å². The molecular weight excluding hydrogens is 357 g/mol. The van der Waals surface area contributed by atoms with Crippen LogP contribution in [0.2, 0.25) is 5.02 Å². The summed E-state index contributed by atoms with van der Waals surface area (Å²) in [6, 6.07) is 2.20. The Morgan fingerprint density at radius 1 is 1.28 bits per heavy atom. The summed E-state index contributed by atoms with van der Waals surface area (Å²) in [5.74, 6) is -5.09. The summed E-state index contributed by atoms with van der Waals surface area (Å²) in [6.45, 7) is 5.24. The van der Waals surface area contributed by atoms with Crippen molar-refractivity contribution < 1.29 is 27.4 Å². The molecule has 2 saturated carbocycles. The van der Waals surface area contributed by atoms with E-state index in [0.717, 1.165) is 6.07 Å². The Morgan fingerprint density at radius 3 is 2.44 bits per heavy atom. The standard InChI is InChI=1S/C18H20ClF3O3/c1-17(2,3)25-16(23)10-6-13(19)15(7-14(10)20)24-8-9-4-11-12(5-9)18(11,21)22/h6-7,9,11-12H,4-5,8H2,1-3H3/t9-,11+,12-. The summed E-state index contributed by atoms with van der Waals surface area (Å²) in [5.41, 5.74) is -1.02. The highest BCUT2D eigenvalue weighted by atomic mass is 35.5. The molecule has 0 aromatic heterocycles. The lowest BCUT2D eigenvalue weighted by molar-refractivity contribution is 0.00646. The van der Waals surface area contributed by atoms with E-state index in [2.05, 4.69) is 0 Å². The summed E-state index contributed by atoms with van der Waals surface area (Å²) in [7, 11) is 0. The van der Waals surface area contributed by atoms with Crippen LogP contribution in [0, 0.1) is 23.6 Å². The molecule has 3 atom stereocenters. The number of hydrogen-bond donors (Lipinski definition) is 0. The first-order valence-electron chi connectivity index (χ1n) is 8.22. The number of alkyl halides is 2.